The van der Waals surface area contributed by atoms with Gasteiger partial charge in [-0.3, -0.25) is 9.59 Å². The van der Waals surface area contributed by atoms with Crippen LogP contribution in [-0.2, 0) is 7.05 Å². The van der Waals surface area contributed by atoms with Crippen molar-refractivity contribution in [3.63, 3.8) is 0 Å². The van der Waals surface area contributed by atoms with E-state index in [9.17, 15) is 14.7 Å². The molecule has 3 rings (SSSR count). The van der Waals surface area contributed by atoms with Crippen molar-refractivity contribution in [1.29, 1.82) is 0 Å². The average Bonchev–Trinajstić information content (AvgIpc) is 2.54. The SMILES string of the molecule is Cn1ccc2c(C(=O)NCC3(O)CCCC(C)(C)C3)cccc2c1=O. The normalized spacial score (nSPS) is 22.7. The quantitative estimate of drug-likeness (QED) is 0.901. The molecule has 1 saturated carbocycles. The molecule has 1 atom stereocenters. The summed E-state index contributed by atoms with van der Waals surface area (Å²) < 4.78 is 1.50. The maximum Gasteiger partial charge on any atom is 0.258 e. The number of aryl methyl sites for hydroxylation is 1. The van der Waals surface area contributed by atoms with Crippen LogP contribution >= 0.6 is 0 Å². The highest BCUT2D eigenvalue weighted by Gasteiger charge is 2.38. The standard InChI is InChI=1S/C20H26N2O3/c1-19(2)9-5-10-20(25,12-19)13-21-17(23)15-6-4-7-16-14(15)8-11-22(3)18(16)24/h4,6-8,11,25H,5,9-10,12-13H2,1-3H3,(H,21,23). The first kappa shape index (κ1) is 17.7. The molecule has 0 aliphatic heterocycles. The summed E-state index contributed by atoms with van der Waals surface area (Å²) in [5, 5.41) is 14.9. The minimum atomic E-state index is -0.863. The van der Waals surface area contributed by atoms with Gasteiger partial charge in [0, 0.05) is 36.1 Å². The molecule has 1 aliphatic rings. The fourth-order valence-electron chi connectivity index (χ4n) is 4.03. The van der Waals surface area contributed by atoms with Gasteiger partial charge in [-0.2, -0.15) is 0 Å². The van der Waals surface area contributed by atoms with Crippen LogP contribution < -0.4 is 10.9 Å². The lowest BCUT2D eigenvalue weighted by molar-refractivity contribution is -0.0361. The van der Waals surface area contributed by atoms with E-state index in [-0.39, 0.29) is 23.4 Å². The number of nitrogens with one attached hydrogen (secondary N) is 1. The fraction of sp³-hybridized carbons (Fsp3) is 0.500. The zero-order chi connectivity index (χ0) is 18.2. The first-order chi connectivity index (χ1) is 11.7. The van der Waals surface area contributed by atoms with Crippen LogP contribution in [0.5, 0.6) is 0 Å². The van der Waals surface area contributed by atoms with Crippen molar-refractivity contribution in [2.24, 2.45) is 12.5 Å². The van der Waals surface area contributed by atoms with Crippen LogP contribution in [0.3, 0.4) is 0 Å². The highest BCUT2D eigenvalue weighted by molar-refractivity contribution is 6.06. The van der Waals surface area contributed by atoms with E-state index in [1.807, 2.05) is 0 Å². The van der Waals surface area contributed by atoms with Gasteiger partial charge in [-0.15, -0.1) is 0 Å². The molecule has 25 heavy (non-hydrogen) atoms. The van der Waals surface area contributed by atoms with Crippen molar-refractivity contribution < 1.29 is 9.90 Å². The number of aliphatic hydroxyl groups is 1. The highest BCUT2D eigenvalue weighted by atomic mass is 16.3. The van der Waals surface area contributed by atoms with Gasteiger partial charge in [0.15, 0.2) is 0 Å². The number of nitrogens with zero attached hydrogens (tertiary/aromatic N) is 1. The molecule has 1 aliphatic carbocycles. The number of carbonyl (C=O) groups is 1. The second kappa shape index (κ2) is 6.30. The molecule has 1 aromatic heterocycles. The third-order valence-electron chi connectivity index (χ3n) is 5.25. The molecule has 1 amide bonds. The average molecular weight is 342 g/mol. The first-order valence-electron chi connectivity index (χ1n) is 8.80. The van der Waals surface area contributed by atoms with Crippen LogP contribution in [0, 0.1) is 5.41 Å². The molecule has 0 spiro atoms. The van der Waals surface area contributed by atoms with E-state index in [4.69, 9.17) is 0 Å². The summed E-state index contributed by atoms with van der Waals surface area (Å²) >= 11 is 0. The van der Waals surface area contributed by atoms with E-state index < -0.39 is 5.60 Å². The molecule has 5 nitrogen and oxygen atoms in total. The molecule has 1 unspecified atom stereocenters. The van der Waals surface area contributed by atoms with Crippen LogP contribution in [0.4, 0.5) is 0 Å². The maximum absolute atomic E-state index is 12.7. The van der Waals surface area contributed by atoms with E-state index in [1.165, 1.54) is 4.57 Å². The smallest absolute Gasteiger partial charge is 0.258 e. The van der Waals surface area contributed by atoms with E-state index >= 15 is 0 Å². The van der Waals surface area contributed by atoms with Gasteiger partial charge in [0.05, 0.1) is 5.60 Å². The predicted molar refractivity (Wildman–Crippen MR) is 98.7 cm³/mol. The zero-order valence-electron chi connectivity index (χ0n) is 15.1. The number of aromatic nitrogens is 1. The first-order valence-corrected chi connectivity index (χ1v) is 8.80. The molecule has 134 valence electrons. The van der Waals surface area contributed by atoms with Gasteiger partial charge in [-0.1, -0.05) is 19.9 Å². The Hall–Kier alpha value is -2.14. The summed E-state index contributed by atoms with van der Waals surface area (Å²) in [7, 11) is 1.69. The topological polar surface area (TPSA) is 71.3 Å². The van der Waals surface area contributed by atoms with Gasteiger partial charge in [-0.05, 0) is 49.3 Å². The summed E-state index contributed by atoms with van der Waals surface area (Å²) in [6.45, 7) is 4.54. The van der Waals surface area contributed by atoms with Gasteiger partial charge in [0.2, 0.25) is 0 Å². The van der Waals surface area contributed by atoms with Crippen molar-refractivity contribution >= 4 is 16.7 Å². The number of hydrogen-bond acceptors (Lipinski definition) is 3. The number of amides is 1. The Morgan fingerprint density at radius 2 is 2.00 bits per heavy atom. The Morgan fingerprint density at radius 1 is 1.24 bits per heavy atom. The van der Waals surface area contributed by atoms with Crippen molar-refractivity contribution in [2.45, 2.75) is 45.1 Å². The van der Waals surface area contributed by atoms with Crippen molar-refractivity contribution in [1.82, 2.24) is 9.88 Å². The Balaban J connectivity index is 1.82. The molecule has 0 bridgehead atoms. The molecule has 0 radical (unpaired) electrons. The fourth-order valence-corrected chi connectivity index (χ4v) is 4.03. The molecule has 5 heteroatoms. The Bertz CT molecular complexity index is 869. The Kier molecular flexibility index (Phi) is 4.45. The predicted octanol–water partition coefficient (Wildman–Crippen LogP) is 2.60. The van der Waals surface area contributed by atoms with E-state index in [1.54, 1.807) is 37.5 Å². The number of benzene rings is 1. The molecule has 2 N–H and O–H groups in total. The number of hydrogen-bond donors (Lipinski definition) is 2. The van der Waals surface area contributed by atoms with Crippen LogP contribution in [0.1, 0.15) is 49.9 Å². The summed E-state index contributed by atoms with van der Waals surface area (Å²) in [6.07, 6.45) is 5.10. The van der Waals surface area contributed by atoms with Crippen LogP contribution in [-0.4, -0.2) is 27.7 Å². The number of fused-ring (bicyclic) bond motifs is 1. The largest absolute Gasteiger partial charge is 0.388 e. The highest BCUT2D eigenvalue weighted by Crippen LogP contribution is 2.40. The second-order valence-electron chi connectivity index (χ2n) is 8.10. The van der Waals surface area contributed by atoms with Gasteiger partial charge in [0.1, 0.15) is 0 Å². The van der Waals surface area contributed by atoms with E-state index in [0.717, 1.165) is 12.8 Å². The lowest BCUT2D eigenvalue weighted by Gasteiger charge is -2.41. The molecule has 2 aromatic rings. The van der Waals surface area contributed by atoms with Gasteiger partial charge < -0.3 is 15.0 Å². The van der Waals surface area contributed by atoms with Crippen LogP contribution in [0.15, 0.2) is 35.3 Å². The monoisotopic (exact) mass is 342 g/mol. The number of carbonyl (C=O) groups excluding carboxylic acids is 1. The van der Waals surface area contributed by atoms with Crippen LogP contribution in [0.2, 0.25) is 0 Å². The second-order valence-corrected chi connectivity index (χ2v) is 8.10. The summed E-state index contributed by atoms with van der Waals surface area (Å²) in [4.78, 5) is 24.9. The van der Waals surface area contributed by atoms with E-state index in [2.05, 4.69) is 19.2 Å². The summed E-state index contributed by atoms with van der Waals surface area (Å²) in [6, 6.07) is 6.94. The maximum atomic E-state index is 12.7. The van der Waals surface area contributed by atoms with Gasteiger partial charge in [0.25, 0.3) is 11.5 Å². The third kappa shape index (κ3) is 3.61. The van der Waals surface area contributed by atoms with Crippen molar-refractivity contribution in [2.75, 3.05) is 6.54 Å². The summed E-state index contributed by atoms with van der Waals surface area (Å²) in [5.41, 5.74) is -0.435. The Labute approximate surface area is 147 Å². The van der Waals surface area contributed by atoms with Gasteiger partial charge >= 0.3 is 0 Å². The molecule has 1 heterocycles. The lowest BCUT2D eigenvalue weighted by atomic mass is 9.70. The zero-order valence-corrected chi connectivity index (χ0v) is 15.1. The molecule has 1 fully saturated rings. The Morgan fingerprint density at radius 3 is 2.72 bits per heavy atom. The molecule has 1 aromatic carbocycles. The van der Waals surface area contributed by atoms with Crippen molar-refractivity contribution in [3.8, 4) is 0 Å². The van der Waals surface area contributed by atoms with Crippen molar-refractivity contribution in [3.05, 3.63) is 46.4 Å². The minimum absolute atomic E-state index is 0.0867. The lowest BCUT2D eigenvalue weighted by Crippen LogP contribution is -2.48. The minimum Gasteiger partial charge on any atom is -0.388 e. The third-order valence-corrected chi connectivity index (χ3v) is 5.25. The number of pyridine rings is 1. The molecule has 0 saturated heterocycles. The molecular formula is C20H26N2O3. The van der Waals surface area contributed by atoms with Gasteiger partial charge in [-0.25, -0.2) is 0 Å². The van der Waals surface area contributed by atoms with E-state index in [0.29, 0.717) is 29.2 Å². The molecular weight excluding hydrogens is 316 g/mol. The summed E-state index contributed by atoms with van der Waals surface area (Å²) in [5.74, 6) is -0.254. The van der Waals surface area contributed by atoms with Crippen LogP contribution in [0.25, 0.3) is 10.8 Å². The number of rotatable bonds is 3.